The Bertz CT molecular complexity index is 777. The molecule has 0 N–H and O–H groups in total. The van der Waals surface area contributed by atoms with Crippen LogP contribution in [0.2, 0.25) is 0 Å². The number of nitro groups is 1. The van der Waals surface area contributed by atoms with Gasteiger partial charge in [-0.15, -0.1) is 0 Å². The van der Waals surface area contributed by atoms with E-state index < -0.39 is 4.92 Å². The first-order valence-corrected chi connectivity index (χ1v) is 7.48. The van der Waals surface area contributed by atoms with Crippen LogP contribution in [0.4, 0.5) is 11.4 Å². The van der Waals surface area contributed by atoms with Gasteiger partial charge in [0.1, 0.15) is 5.69 Å². The van der Waals surface area contributed by atoms with Crippen molar-refractivity contribution in [2.45, 2.75) is 12.8 Å². The molecule has 0 amide bonds. The molecule has 0 radical (unpaired) electrons. The summed E-state index contributed by atoms with van der Waals surface area (Å²) in [6.07, 6.45) is 5.79. The van der Waals surface area contributed by atoms with Crippen LogP contribution in [0.15, 0.2) is 30.6 Å². The van der Waals surface area contributed by atoms with Crippen molar-refractivity contribution >= 4 is 11.4 Å². The zero-order chi connectivity index (χ0) is 16.4. The van der Waals surface area contributed by atoms with Crippen molar-refractivity contribution in [3.05, 3.63) is 51.8 Å². The summed E-state index contributed by atoms with van der Waals surface area (Å²) < 4.78 is 1.79. The molecule has 3 rings (SSSR count). The summed E-state index contributed by atoms with van der Waals surface area (Å²) in [4.78, 5) is 12.9. The lowest BCUT2D eigenvalue weighted by Gasteiger charge is -2.18. The summed E-state index contributed by atoms with van der Waals surface area (Å²) in [5, 5.41) is 24.4. The zero-order valence-corrected chi connectivity index (χ0v) is 12.8. The number of benzene rings is 1. The van der Waals surface area contributed by atoms with Crippen molar-refractivity contribution in [1.82, 2.24) is 9.78 Å². The molecular formula is C16H17N5O2. The SMILES string of the molecule is Cn1cc(CC2CCN(c3ccc(C#N)cc3[N+](=O)[O-])C2)cn1. The highest BCUT2D eigenvalue weighted by molar-refractivity contribution is 5.66. The second-order valence-corrected chi connectivity index (χ2v) is 5.90. The lowest BCUT2D eigenvalue weighted by molar-refractivity contribution is -0.384. The third kappa shape index (κ3) is 3.16. The molecule has 1 fully saturated rings. The zero-order valence-electron chi connectivity index (χ0n) is 12.8. The van der Waals surface area contributed by atoms with Crippen LogP contribution in [0.25, 0.3) is 0 Å². The molecule has 7 nitrogen and oxygen atoms in total. The van der Waals surface area contributed by atoms with E-state index in [4.69, 9.17) is 5.26 Å². The second-order valence-electron chi connectivity index (χ2n) is 5.90. The van der Waals surface area contributed by atoms with Gasteiger partial charge in [-0.05, 0) is 36.5 Å². The van der Waals surface area contributed by atoms with Gasteiger partial charge in [0.05, 0.1) is 22.8 Å². The van der Waals surface area contributed by atoms with Gasteiger partial charge in [0, 0.05) is 32.4 Å². The Hall–Kier alpha value is -2.88. The van der Waals surface area contributed by atoms with E-state index in [9.17, 15) is 10.1 Å². The lowest BCUT2D eigenvalue weighted by Crippen LogP contribution is -2.21. The highest BCUT2D eigenvalue weighted by Gasteiger charge is 2.28. The van der Waals surface area contributed by atoms with Gasteiger partial charge in [-0.3, -0.25) is 14.8 Å². The third-order valence-corrected chi connectivity index (χ3v) is 4.21. The molecule has 1 aromatic carbocycles. The maximum absolute atomic E-state index is 11.3. The second kappa shape index (κ2) is 6.08. The molecule has 7 heteroatoms. The van der Waals surface area contributed by atoms with Crippen LogP contribution in [-0.2, 0) is 13.5 Å². The number of rotatable bonds is 4. The fourth-order valence-corrected chi connectivity index (χ4v) is 3.14. The van der Waals surface area contributed by atoms with E-state index in [2.05, 4.69) is 5.10 Å². The Labute approximate surface area is 133 Å². The van der Waals surface area contributed by atoms with Gasteiger partial charge < -0.3 is 4.90 Å². The quantitative estimate of drug-likeness (QED) is 0.638. The monoisotopic (exact) mass is 311 g/mol. The van der Waals surface area contributed by atoms with E-state index in [1.807, 2.05) is 30.4 Å². The highest BCUT2D eigenvalue weighted by atomic mass is 16.6. The molecule has 0 aliphatic carbocycles. The van der Waals surface area contributed by atoms with Crippen LogP contribution >= 0.6 is 0 Å². The van der Waals surface area contributed by atoms with Gasteiger partial charge in [0.15, 0.2) is 0 Å². The van der Waals surface area contributed by atoms with Crippen molar-refractivity contribution in [3.8, 4) is 6.07 Å². The van der Waals surface area contributed by atoms with Gasteiger partial charge in [-0.25, -0.2) is 0 Å². The largest absolute Gasteiger partial charge is 0.366 e. The molecule has 0 spiro atoms. The average Bonchev–Trinajstić information content (AvgIpc) is 3.16. The van der Waals surface area contributed by atoms with E-state index in [-0.39, 0.29) is 5.69 Å². The van der Waals surface area contributed by atoms with Gasteiger partial charge in [0.25, 0.3) is 5.69 Å². The van der Waals surface area contributed by atoms with Crippen molar-refractivity contribution in [3.63, 3.8) is 0 Å². The van der Waals surface area contributed by atoms with Crippen molar-refractivity contribution in [2.75, 3.05) is 18.0 Å². The fraction of sp³-hybridized carbons (Fsp3) is 0.375. The maximum atomic E-state index is 11.3. The number of aromatic nitrogens is 2. The van der Waals surface area contributed by atoms with E-state index in [0.717, 1.165) is 25.9 Å². The molecule has 118 valence electrons. The number of nitrogens with zero attached hydrogens (tertiary/aromatic N) is 5. The van der Waals surface area contributed by atoms with Crippen LogP contribution in [0.3, 0.4) is 0 Å². The number of hydrogen-bond acceptors (Lipinski definition) is 5. The minimum atomic E-state index is -0.412. The van der Waals surface area contributed by atoms with Crippen molar-refractivity contribution < 1.29 is 4.92 Å². The molecular weight excluding hydrogens is 294 g/mol. The van der Waals surface area contributed by atoms with E-state index in [1.54, 1.807) is 16.8 Å². The summed E-state index contributed by atoms with van der Waals surface area (Å²) in [6, 6.07) is 6.62. The predicted molar refractivity (Wildman–Crippen MR) is 85.0 cm³/mol. The molecule has 1 aromatic heterocycles. The molecule has 1 aliphatic heterocycles. The number of anilines is 1. The normalized spacial score (nSPS) is 17.2. The van der Waals surface area contributed by atoms with E-state index in [1.165, 1.54) is 11.6 Å². The minimum absolute atomic E-state index is 0.00563. The molecule has 0 bridgehead atoms. The molecule has 1 aliphatic rings. The molecule has 23 heavy (non-hydrogen) atoms. The molecule has 2 aromatic rings. The minimum Gasteiger partial charge on any atom is -0.366 e. The van der Waals surface area contributed by atoms with Gasteiger partial charge in [-0.1, -0.05) is 0 Å². The smallest absolute Gasteiger partial charge is 0.293 e. The number of aryl methyl sites for hydroxylation is 1. The average molecular weight is 311 g/mol. The summed E-state index contributed by atoms with van der Waals surface area (Å²) in [5.41, 5.74) is 2.11. The topological polar surface area (TPSA) is 88.0 Å². The standard InChI is InChI=1S/C16H17N5O2/c1-19-10-14(9-18-19)6-13-4-5-20(11-13)15-3-2-12(8-17)7-16(15)21(22)23/h2-3,7,9-10,13H,4-6,11H2,1H3. The van der Waals surface area contributed by atoms with Gasteiger partial charge in [-0.2, -0.15) is 10.4 Å². The fourth-order valence-electron chi connectivity index (χ4n) is 3.14. The Morgan fingerprint density at radius 3 is 3.00 bits per heavy atom. The van der Waals surface area contributed by atoms with Crippen LogP contribution in [0.1, 0.15) is 17.5 Å². The first-order chi connectivity index (χ1) is 11.1. The van der Waals surface area contributed by atoms with Gasteiger partial charge in [0.2, 0.25) is 0 Å². The highest BCUT2D eigenvalue weighted by Crippen LogP contribution is 2.33. The van der Waals surface area contributed by atoms with Crippen LogP contribution < -0.4 is 4.90 Å². The Kier molecular flexibility index (Phi) is 3.98. The maximum Gasteiger partial charge on any atom is 0.293 e. The summed E-state index contributed by atoms with van der Waals surface area (Å²) >= 11 is 0. The molecule has 0 saturated carbocycles. The van der Waals surface area contributed by atoms with E-state index in [0.29, 0.717) is 17.2 Å². The number of nitro benzene ring substituents is 1. The Balaban J connectivity index is 1.76. The number of hydrogen-bond donors (Lipinski definition) is 0. The Morgan fingerprint density at radius 2 is 2.35 bits per heavy atom. The molecule has 2 heterocycles. The third-order valence-electron chi connectivity index (χ3n) is 4.21. The van der Waals surface area contributed by atoms with Crippen molar-refractivity contribution in [1.29, 1.82) is 5.26 Å². The van der Waals surface area contributed by atoms with Crippen molar-refractivity contribution in [2.24, 2.45) is 13.0 Å². The predicted octanol–water partition coefficient (Wildman–Crippen LogP) is 2.27. The lowest BCUT2D eigenvalue weighted by atomic mass is 10.0. The van der Waals surface area contributed by atoms with E-state index >= 15 is 0 Å². The first-order valence-electron chi connectivity index (χ1n) is 7.48. The molecule has 1 atom stereocenters. The summed E-state index contributed by atoms with van der Waals surface area (Å²) in [6.45, 7) is 1.57. The van der Waals surface area contributed by atoms with Crippen LogP contribution in [0, 0.1) is 27.4 Å². The van der Waals surface area contributed by atoms with Gasteiger partial charge >= 0.3 is 0 Å². The summed E-state index contributed by atoms with van der Waals surface area (Å²) in [5.74, 6) is 0.453. The Morgan fingerprint density at radius 1 is 1.52 bits per heavy atom. The van der Waals surface area contributed by atoms with Crippen LogP contribution in [-0.4, -0.2) is 27.8 Å². The first kappa shape index (κ1) is 15.0. The molecule has 1 saturated heterocycles. The summed E-state index contributed by atoms with van der Waals surface area (Å²) in [7, 11) is 1.89. The number of nitriles is 1. The molecule has 1 unspecified atom stereocenters. The van der Waals surface area contributed by atoms with Crippen LogP contribution in [0.5, 0.6) is 0 Å².